The standard InChI is InChI=1S/C15H16N2O2S/c1-10-5-3-6-11(9-10)19-12-7-4-8-13(20-2)14(12)15(16)17-18/h3-9,18H,1-2H3,(H2,16,17). The molecular formula is C15H16N2O2S. The van der Waals surface area contributed by atoms with Crippen LogP contribution in [0.5, 0.6) is 11.5 Å². The lowest BCUT2D eigenvalue weighted by molar-refractivity contribution is 0.318. The van der Waals surface area contributed by atoms with E-state index in [-0.39, 0.29) is 5.84 Å². The number of hydrogen-bond donors (Lipinski definition) is 2. The molecule has 0 saturated carbocycles. The van der Waals surface area contributed by atoms with Crippen LogP contribution >= 0.6 is 11.8 Å². The van der Waals surface area contributed by atoms with E-state index in [0.29, 0.717) is 11.3 Å². The van der Waals surface area contributed by atoms with Crippen LogP contribution in [0.25, 0.3) is 0 Å². The van der Waals surface area contributed by atoms with E-state index in [0.717, 1.165) is 16.2 Å². The molecule has 2 rings (SSSR count). The zero-order chi connectivity index (χ0) is 14.5. The SMILES string of the molecule is CSc1cccc(Oc2cccc(C)c2)c1/C(N)=N/O. The fourth-order valence-corrected chi connectivity index (χ4v) is 2.50. The van der Waals surface area contributed by atoms with Crippen molar-refractivity contribution in [3.8, 4) is 11.5 Å². The summed E-state index contributed by atoms with van der Waals surface area (Å²) < 4.78 is 5.87. The summed E-state index contributed by atoms with van der Waals surface area (Å²) in [5.41, 5.74) is 7.47. The molecule has 20 heavy (non-hydrogen) atoms. The van der Waals surface area contributed by atoms with Gasteiger partial charge in [-0.2, -0.15) is 0 Å². The molecule has 0 aromatic heterocycles. The van der Waals surface area contributed by atoms with Gasteiger partial charge in [0.1, 0.15) is 11.5 Å². The fraction of sp³-hybridized carbons (Fsp3) is 0.133. The highest BCUT2D eigenvalue weighted by Gasteiger charge is 2.14. The molecule has 2 aromatic carbocycles. The molecule has 0 bridgehead atoms. The molecule has 0 spiro atoms. The van der Waals surface area contributed by atoms with E-state index < -0.39 is 0 Å². The fourth-order valence-electron chi connectivity index (χ4n) is 1.87. The number of ether oxygens (including phenoxy) is 1. The quantitative estimate of drug-likeness (QED) is 0.296. The molecule has 4 nitrogen and oxygen atoms in total. The van der Waals surface area contributed by atoms with Gasteiger partial charge in [0, 0.05) is 4.90 Å². The number of nitrogens with zero attached hydrogens (tertiary/aromatic N) is 1. The van der Waals surface area contributed by atoms with Gasteiger partial charge in [-0.15, -0.1) is 11.8 Å². The van der Waals surface area contributed by atoms with Crippen molar-refractivity contribution in [2.75, 3.05) is 6.26 Å². The number of thioether (sulfide) groups is 1. The van der Waals surface area contributed by atoms with Gasteiger partial charge in [0.15, 0.2) is 5.84 Å². The molecule has 0 unspecified atom stereocenters. The molecule has 0 atom stereocenters. The first-order valence-corrected chi connectivity index (χ1v) is 7.27. The third-order valence-corrected chi connectivity index (χ3v) is 3.57. The van der Waals surface area contributed by atoms with E-state index in [4.69, 9.17) is 15.7 Å². The Morgan fingerprint density at radius 2 is 2.00 bits per heavy atom. The molecule has 0 heterocycles. The van der Waals surface area contributed by atoms with Crippen LogP contribution in [0, 0.1) is 6.92 Å². The lowest BCUT2D eigenvalue weighted by atomic mass is 10.2. The minimum absolute atomic E-state index is 0.0394. The second-order valence-corrected chi connectivity index (χ2v) is 5.09. The largest absolute Gasteiger partial charge is 0.457 e. The van der Waals surface area contributed by atoms with Crippen molar-refractivity contribution in [2.45, 2.75) is 11.8 Å². The zero-order valence-electron chi connectivity index (χ0n) is 11.3. The topological polar surface area (TPSA) is 67.8 Å². The lowest BCUT2D eigenvalue weighted by Gasteiger charge is -2.13. The number of hydrogen-bond acceptors (Lipinski definition) is 4. The first-order valence-electron chi connectivity index (χ1n) is 6.05. The zero-order valence-corrected chi connectivity index (χ0v) is 12.1. The molecule has 0 aliphatic carbocycles. The molecule has 104 valence electrons. The van der Waals surface area contributed by atoms with E-state index in [2.05, 4.69) is 5.16 Å². The van der Waals surface area contributed by atoms with Crippen molar-refractivity contribution in [3.63, 3.8) is 0 Å². The molecule has 0 radical (unpaired) electrons. The van der Waals surface area contributed by atoms with Crippen molar-refractivity contribution < 1.29 is 9.94 Å². The minimum atomic E-state index is 0.0394. The Labute approximate surface area is 122 Å². The Balaban J connectivity index is 2.46. The second-order valence-electron chi connectivity index (χ2n) is 4.24. The number of amidine groups is 1. The Kier molecular flexibility index (Phi) is 4.53. The van der Waals surface area contributed by atoms with Gasteiger partial charge >= 0.3 is 0 Å². The predicted octanol–water partition coefficient (Wildman–Crippen LogP) is 3.60. The number of nitrogens with two attached hydrogens (primary N) is 1. The predicted molar refractivity (Wildman–Crippen MR) is 82.0 cm³/mol. The van der Waals surface area contributed by atoms with E-state index in [1.807, 2.05) is 49.6 Å². The summed E-state index contributed by atoms with van der Waals surface area (Å²) in [6.07, 6.45) is 1.93. The first kappa shape index (κ1) is 14.3. The highest BCUT2D eigenvalue weighted by molar-refractivity contribution is 7.98. The van der Waals surface area contributed by atoms with Gasteiger partial charge in [-0.05, 0) is 43.0 Å². The van der Waals surface area contributed by atoms with Crippen molar-refractivity contribution in [1.29, 1.82) is 0 Å². The van der Waals surface area contributed by atoms with Crippen LogP contribution in [0.1, 0.15) is 11.1 Å². The average Bonchev–Trinajstić information content (AvgIpc) is 2.46. The molecule has 0 amide bonds. The second kappa shape index (κ2) is 6.34. The molecule has 2 aromatic rings. The maximum atomic E-state index is 8.94. The molecule has 0 aliphatic rings. The van der Waals surface area contributed by atoms with Crippen LogP contribution in [-0.2, 0) is 0 Å². The van der Waals surface area contributed by atoms with E-state index in [9.17, 15) is 0 Å². The van der Waals surface area contributed by atoms with Gasteiger partial charge in [0.2, 0.25) is 0 Å². The number of benzene rings is 2. The van der Waals surface area contributed by atoms with Crippen molar-refractivity contribution in [1.82, 2.24) is 0 Å². The van der Waals surface area contributed by atoms with Crippen molar-refractivity contribution >= 4 is 17.6 Å². The summed E-state index contributed by atoms with van der Waals surface area (Å²) in [5.74, 6) is 1.32. The Morgan fingerprint density at radius 3 is 2.65 bits per heavy atom. The van der Waals surface area contributed by atoms with Crippen LogP contribution in [0.15, 0.2) is 52.5 Å². The van der Waals surface area contributed by atoms with Gasteiger partial charge in [-0.25, -0.2) is 0 Å². The number of rotatable bonds is 4. The number of oxime groups is 1. The summed E-state index contributed by atoms with van der Waals surface area (Å²) >= 11 is 1.52. The highest BCUT2D eigenvalue weighted by Crippen LogP contribution is 2.32. The van der Waals surface area contributed by atoms with Crippen molar-refractivity contribution in [3.05, 3.63) is 53.6 Å². The van der Waals surface area contributed by atoms with Crippen LogP contribution in [0.4, 0.5) is 0 Å². The molecule has 3 N–H and O–H groups in total. The lowest BCUT2D eigenvalue weighted by Crippen LogP contribution is -2.15. The van der Waals surface area contributed by atoms with E-state index in [1.54, 1.807) is 6.07 Å². The highest BCUT2D eigenvalue weighted by atomic mass is 32.2. The minimum Gasteiger partial charge on any atom is -0.457 e. The maximum Gasteiger partial charge on any atom is 0.175 e. The van der Waals surface area contributed by atoms with E-state index >= 15 is 0 Å². The molecule has 0 saturated heterocycles. The van der Waals surface area contributed by atoms with Crippen LogP contribution in [-0.4, -0.2) is 17.3 Å². The third-order valence-electron chi connectivity index (χ3n) is 2.79. The van der Waals surface area contributed by atoms with Gasteiger partial charge in [-0.1, -0.05) is 23.4 Å². The van der Waals surface area contributed by atoms with E-state index in [1.165, 1.54) is 11.8 Å². The van der Waals surface area contributed by atoms with Gasteiger partial charge in [0.05, 0.1) is 5.56 Å². The summed E-state index contributed by atoms with van der Waals surface area (Å²) in [6, 6.07) is 13.3. The summed E-state index contributed by atoms with van der Waals surface area (Å²) in [4.78, 5) is 0.894. The maximum absolute atomic E-state index is 8.94. The van der Waals surface area contributed by atoms with Crippen molar-refractivity contribution in [2.24, 2.45) is 10.9 Å². The first-order chi connectivity index (χ1) is 9.65. The molecule has 0 aliphatic heterocycles. The smallest absolute Gasteiger partial charge is 0.175 e. The Bertz CT molecular complexity index is 642. The summed E-state index contributed by atoms with van der Waals surface area (Å²) in [5, 5.41) is 12.0. The molecule has 0 fully saturated rings. The summed E-state index contributed by atoms with van der Waals surface area (Å²) in [6.45, 7) is 2.00. The Hall–Kier alpha value is -2.14. The van der Waals surface area contributed by atoms with Crippen LogP contribution in [0.3, 0.4) is 0 Å². The molecular weight excluding hydrogens is 272 g/mol. The Morgan fingerprint density at radius 1 is 1.25 bits per heavy atom. The van der Waals surface area contributed by atoms with Gasteiger partial charge in [0.25, 0.3) is 0 Å². The third kappa shape index (κ3) is 3.05. The van der Waals surface area contributed by atoms with Gasteiger partial charge in [-0.3, -0.25) is 0 Å². The molecule has 5 heteroatoms. The van der Waals surface area contributed by atoms with Crippen LogP contribution in [0.2, 0.25) is 0 Å². The summed E-state index contributed by atoms with van der Waals surface area (Å²) in [7, 11) is 0. The monoisotopic (exact) mass is 288 g/mol. The average molecular weight is 288 g/mol. The van der Waals surface area contributed by atoms with Gasteiger partial charge < -0.3 is 15.7 Å². The van der Waals surface area contributed by atoms with Crippen LogP contribution < -0.4 is 10.5 Å². The normalized spacial score (nSPS) is 11.4. The number of aryl methyl sites for hydroxylation is 1.